The van der Waals surface area contributed by atoms with E-state index in [4.69, 9.17) is 0 Å². The molecular weight excluding hydrogens is 258 g/mol. The van der Waals surface area contributed by atoms with Crippen molar-refractivity contribution in [2.75, 3.05) is 0 Å². The van der Waals surface area contributed by atoms with E-state index in [-0.39, 0.29) is 15.4 Å². The molecule has 0 atom stereocenters. The molecule has 0 saturated carbocycles. The molecule has 0 amide bonds. The summed E-state index contributed by atoms with van der Waals surface area (Å²) in [6.07, 6.45) is 0. The maximum absolute atomic E-state index is 10.7. The molecule has 3 nitrogen and oxygen atoms in total. The fourth-order valence-electron chi connectivity index (χ4n) is 1.83. The summed E-state index contributed by atoms with van der Waals surface area (Å²) in [6.45, 7) is 4.23. The van der Waals surface area contributed by atoms with E-state index in [1.165, 1.54) is 4.90 Å². The molecule has 0 fully saturated rings. The van der Waals surface area contributed by atoms with Gasteiger partial charge in [-0.15, -0.1) is 11.8 Å². The maximum atomic E-state index is 10.7. The van der Waals surface area contributed by atoms with E-state index in [1.54, 1.807) is 23.9 Å². The van der Waals surface area contributed by atoms with Crippen molar-refractivity contribution in [3.05, 3.63) is 70.3 Å². The van der Waals surface area contributed by atoms with Gasteiger partial charge in [0.2, 0.25) is 0 Å². The van der Waals surface area contributed by atoms with Gasteiger partial charge in [-0.25, -0.2) is 0 Å². The molecule has 0 heterocycles. The van der Waals surface area contributed by atoms with Gasteiger partial charge in [0, 0.05) is 21.8 Å². The summed E-state index contributed by atoms with van der Waals surface area (Å²) in [5.41, 5.74) is 1.20. The lowest BCUT2D eigenvalue weighted by Crippen LogP contribution is -2.11. The summed E-state index contributed by atoms with van der Waals surface area (Å²) in [4.78, 5) is 11.5. The predicted octanol–water partition coefficient (Wildman–Crippen LogP) is 4.62. The van der Waals surface area contributed by atoms with Gasteiger partial charge >= 0.3 is 0 Å². The zero-order valence-electron chi connectivity index (χ0n) is 10.9. The molecule has 2 aromatic carbocycles. The van der Waals surface area contributed by atoms with Crippen molar-refractivity contribution in [2.45, 2.75) is 23.5 Å². The van der Waals surface area contributed by atoms with Gasteiger partial charge < -0.3 is 0 Å². The molecule has 0 aliphatic heterocycles. The lowest BCUT2D eigenvalue weighted by molar-refractivity contribution is -0.384. The Morgan fingerprint density at radius 2 is 1.58 bits per heavy atom. The van der Waals surface area contributed by atoms with Crippen LogP contribution in [0.2, 0.25) is 0 Å². The zero-order chi connectivity index (χ0) is 13.9. The summed E-state index contributed by atoms with van der Waals surface area (Å²) >= 11 is 1.74. The molecule has 0 bridgehead atoms. The highest BCUT2D eigenvalue weighted by molar-refractivity contribution is 8.00. The minimum absolute atomic E-state index is 0.128. The lowest BCUT2D eigenvalue weighted by atomic mass is 10.0. The topological polar surface area (TPSA) is 43.1 Å². The summed E-state index contributed by atoms with van der Waals surface area (Å²) in [7, 11) is 0. The second kappa shape index (κ2) is 5.45. The van der Waals surface area contributed by atoms with E-state index in [0.717, 1.165) is 5.56 Å². The van der Waals surface area contributed by atoms with Gasteiger partial charge in [0.1, 0.15) is 0 Å². The van der Waals surface area contributed by atoms with Crippen LogP contribution in [0.5, 0.6) is 0 Å². The van der Waals surface area contributed by atoms with Crippen molar-refractivity contribution in [1.82, 2.24) is 0 Å². The van der Waals surface area contributed by atoms with Crippen molar-refractivity contribution in [3.63, 3.8) is 0 Å². The molecule has 2 aromatic rings. The number of hydrogen-bond donors (Lipinski definition) is 0. The Morgan fingerprint density at radius 1 is 1.00 bits per heavy atom. The monoisotopic (exact) mass is 273 g/mol. The average molecular weight is 273 g/mol. The fraction of sp³-hybridized carbons (Fsp3) is 0.200. The highest BCUT2D eigenvalue weighted by atomic mass is 32.2. The van der Waals surface area contributed by atoms with Crippen LogP contribution < -0.4 is 0 Å². The van der Waals surface area contributed by atoms with Crippen LogP contribution in [0.25, 0.3) is 0 Å². The summed E-state index contributed by atoms with van der Waals surface area (Å²) in [5, 5.41) is 10.7. The Kier molecular flexibility index (Phi) is 3.90. The number of nitro benzene ring substituents is 1. The molecule has 19 heavy (non-hydrogen) atoms. The molecule has 0 radical (unpaired) electrons. The first kappa shape index (κ1) is 13.6. The van der Waals surface area contributed by atoms with Crippen LogP contribution in [0.3, 0.4) is 0 Å². The Labute approximate surface area is 116 Å². The number of nitrogens with zero attached hydrogens (tertiary/aromatic N) is 1. The van der Waals surface area contributed by atoms with Crippen LogP contribution in [-0.2, 0) is 4.75 Å². The highest BCUT2D eigenvalue weighted by Crippen LogP contribution is 2.40. The largest absolute Gasteiger partial charge is 0.269 e. The predicted molar refractivity (Wildman–Crippen MR) is 78.4 cm³/mol. The van der Waals surface area contributed by atoms with Gasteiger partial charge in [-0.2, -0.15) is 0 Å². The number of nitro groups is 1. The van der Waals surface area contributed by atoms with Gasteiger partial charge in [-0.1, -0.05) is 30.3 Å². The van der Waals surface area contributed by atoms with E-state index in [0.29, 0.717) is 0 Å². The quantitative estimate of drug-likeness (QED) is 0.463. The van der Waals surface area contributed by atoms with E-state index in [9.17, 15) is 10.1 Å². The molecule has 4 heteroatoms. The summed E-state index contributed by atoms with van der Waals surface area (Å²) < 4.78 is -0.128. The third kappa shape index (κ3) is 3.35. The average Bonchev–Trinajstić information content (AvgIpc) is 2.39. The van der Waals surface area contributed by atoms with Gasteiger partial charge in [0.05, 0.1) is 4.92 Å². The van der Waals surface area contributed by atoms with Crippen LogP contribution in [0.1, 0.15) is 19.4 Å². The molecule has 0 aliphatic carbocycles. The van der Waals surface area contributed by atoms with Crippen LogP contribution in [-0.4, -0.2) is 4.92 Å². The van der Waals surface area contributed by atoms with Crippen molar-refractivity contribution < 1.29 is 4.92 Å². The third-order valence-corrected chi connectivity index (χ3v) is 4.14. The molecule has 0 aromatic heterocycles. The minimum Gasteiger partial charge on any atom is -0.258 e. The normalized spacial score (nSPS) is 11.3. The first-order chi connectivity index (χ1) is 8.99. The standard InChI is InChI=1S/C15H15NO2S/c1-15(2,19-14-6-4-3-5-7-14)12-8-10-13(11-9-12)16(17)18/h3-11H,1-2H3. The number of rotatable bonds is 4. The lowest BCUT2D eigenvalue weighted by Gasteiger charge is -2.24. The van der Waals surface area contributed by atoms with E-state index in [2.05, 4.69) is 26.0 Å². The van der Waals surface area contributed by atoms with Gasteiger partial charge in [-0.05, 0) is 31.5 Å². The summed E-state index contributed by atoms with van der Waals surface area (Å²) in [5.74, 6) is 0. The number of non-ortho nitro benzene ring substituents is 1. The molecule has 0 saturated heterocycles. The van der Waals surface area contributed by atoms with Crippen molar-refractivity contribution in [1.29, 1.82) is 0 Å². The second-order valence-electron chi connectivity index (χ2n) is 4.73. The Balaban J connectivity index is 2.21. The first-order valence-corrected chi connectivity index (χ1v) is 6.80. The fourth-order valence-corrected chi connectivity index (χ4v) is 2.96. The first-order valence-electron chi connectivity index (χ1n) is 5.98. The van der Waals surface area contributed by atoms with Gasteiger partial charge in [0.25, 0.3) is 5.69 Å². The second-order valence-corrected chi connectivity index (χ2v) is 6.43. The molecule has 98 valence electrons. The van der Waals surface area contributed by atoms with E-state index >= 15 is 0 Å². The van der Waals surface area contributed by atoms with Crippen molar-refractivity contribution in [3.8, 4) is 0 Å². The summed E-state index contributed by atoms with van der Waals surface area (Å²) in [6, 6.07) is 16.9. The Bertz CT molecular complexity index is 564. The number of benzene rings is 2. The van der Waals surface area contributed by atoms with Crippen molar-refractivity contribution >= 4 is 17.4 Å². The molecule has 0 N–H and O–H groups in total. The van der Waals surface area contributed by atoms with Crippen LogP contribution in [0.15, 0.2) is 59.5 Å². The van der Waals surface area contributed by atoms with E-state index in [1.807, 2.05) is 30.3 Å². The Morgan fingerprint density at radius 3 is 2.11 bits per heavy atom. The number of hydrogen-bond acceptors (Lipinski definition) is 3. The minimum atomic E-state index is -0.374. The molecule has 0 spiro atoms. The smallest absolute Gasteiger partial charge is 0.258 e. The van der Waals surface area contributed by atoms with Crippen molar-refractivity contribution in [2.24, 2.45) is 0 Å². The van der Waals surface area contributed by atoms with E-state index < -0.39 is 0 Å². The molecule has 0 unspecified atom stereocenters. The van der Waals surface area contributed by atoms with Crippen LogP contribution in [0.4, 0.5) is 5.69 Å². The van der Waals surface area contributed by atoms with Gasteiger partial charge in [-0.3, -0.25) is 10.1 Å². The SMILES string of the molecule is CC(C)(Sc1ccccc1)c1ccc([N+](=O)[O-])cc1. The number of thioether (sulfide) groups is 1. The van der Waals surface area contributed by atoms with Crippen LogP contribution >= 0.6 is 11.8 Å². The molecule has 0 aliphatic rings. The molecular formula is C15H15NO2S. The highest BCUT2D eigenvalue weighted by Gasteiger charge is 2.22. The Hall–Kier alpha value is -1.81. The molecule has 2 rings (SSSR count). The zero-order valence-corrected chi connectivity index (χ0v) is 11.7. The maximum Gasteiger partial charge on any atom is 0.269 e. The third-order valence-electron chi connectivity index (χ3n) is 2.89. The van der Waals surface area contributed by atoms with Crippen LogP contribution in [0, 0.1) is 10.1 Å². The van der Waals surface area contributed by atoms with Gasteiger partial charge in [0.15, 0.2) is 0 Å².